The zero-order valence-electron chi connectivity index (χ0n) is 15.8. The minimum Gasteiger partial charge on any atom is -0.466 e. The van der Waals surface area contributed by atoms with Crippen molar-refractivity contribution < 1.29 is 19.1 Å². The Labute approximate surface area is 150 Å². The zero-order valence-corrected chi connectivity index (χ0v) is 15.8. The van der Waals surface area contributed by atoms with E-state index >= 15 is 0 Å². The number of esters is 1. The van der Waals surface area contributed by atoms with E-state index in [2.05, 4.69) is 26.1 Å². The number of nitrogens with one attached hydrogen (secondary N) is 1. The van der Waals surface area contributed by atoms with Crippen molar-refractivity contribution in [3.05, 3.63) is 35.4 Å². The average molecular weight is 347 g/mol. The van der Waals surface area contributed by atoms with Gasteiger partial charge in [0.05, 0.1) is 6.61 Å². The highest BCUT2D eigenvalue weighted by Gasteiger charge is 2.25. The van der Waals surface area contributed by atoms with E-state index in [-0.39, 0.29) is 30.1 Å². The highest BCUT2D eigenvalue weighted by atomic mass is 16.5. The first-order valence-corrected chi connectivity index (χ1v) is 8.77. The van der Waals surface area contributed by atoms with Crippen molar-refractivity contribution >= 4 is 17.7 Å². The molecule has 25 heavy (non-hydrogen) atoms. The molecule has 1 aromatic rings. The molecule has 5 nitrogen and oxygen atoms in total. The molecule has 1 rings (SSSR count). The third kappa shape index (κ3) is 6.69. The third-order valence-electron chi connectivity index (χ3n) is 3.84. The molecular weight excluding hydrogens is 318 g/mol. The summed E-state index contributed by atoms with van der Waals surface area (Å²) in [4.78, 5) is 36.2. The van der Waals surface area contributed by atoms with Gasteiger partial charge in [-0.05, 0) is 29.9 Å². The molecule has 138 valence electrons. The Morgan fingerprint density at radius 3 is 2.16 bits per heavy atom. The lowest BCUT2D eigenvalue weighted by molar-refractivity contribution is -0.146. The molecule has 5 heteroatoms. The average Bonchev–Trinajstić information content (AvgIpc) is 2.52. The standard InChI is InChI=1S/C20H29NO4/c1-6-8-17(23)21-19(16(22)13-18(24)25-7-2)14-9-11-15(12-10-14)20(3,4)5/h9-12,19H,6-8,13H2,1-5H3,(H,21,23). The van der Waals surface area contributed by atoms with E-state index in [0.29, 0.717) is 18.4 Å². The minimum absolute atomic E-state index is 0.00553. The number of ketones is 1. The number of rotatable bonds is 8. The second-order valence-electron chi connectivity index (χ2n) is 7.07. The number of carbonyl (C=O) groups is 3. The summed E-state index contributed by atoms with van der Waals surface area (Å²) in [5.41, 5.74) is 1.80. The molecule has 0 fully saturated rings. The summed E-state index contributed by atoms with van der Waals surface area (Å²) >= 11 is 0. The Hall–Kier alpha value is -2.17. The van der Waals surface area contributed by atoms with Gasteiger partial charge in [-0.2, -0.15) is 0 Å². The maximum Gasteiger partial charge on any atom is 0.313 e. The van der Waals surface area contributed by atoms with Crippen molar-refractivity contribution in [3.8, 4) is 0 Å². The fourth-order valence-corrected chi connectivity index (χ4v) is 2.44. The van der Waals surface area contributed by atoms with Crippen molar-refractivity contribution in [1.82, 2.24) is 5.32 Å². The molecule has 0 aliphatic rings. The van der Waals surface area contributed by atoms with Crippen molar-refractivity contribution in [2.45, 2.75) is 65.3 Å². The maximum atomic E-state index is 12.5. The summed E-state index contributed by atoms with van der Waals surface area (Å²) in [7, 11) is 0. The number of hydrogen-bond donors (Lipinski definition) is 1. The molecule has 0 heterocycles. The first-order valence-electron chi connectivity index (χ1n) is 8.77. The molecule has 0 saturated heterocycles. The first-order chi connectivity index (χ1) is 11.7. The van der Waals surface area contributed by atoms with Gasteiger partial charge in [0.15, 0.2) is 5.78 Å². The molecule has 0 spiro atoms. The van der Waals surface area contributed by atoms with Crippen LogP contribution in [0.25, 0.3) is 0 Å². The van der Waals surface area contributed by atoms with Crippen LogP contribution >= 0.6 is 0 Å². The molecule has 1 N–H and O–H groups in total. The molecule has 0 radical (unpaired) electrons. The predicted molar refractivity (Wildman–Crippen MR) is 97.2 cm³/mol. The predicted octanol–water partition coefficient (Wildman–Crippen LogP) is 3.46. The van der Waals surface area contributed by atoms with Crippen LogP contribution in [0.5, 0.6) is 0 Å². The van der Waals surface area contributed by atoms with Gasteiger partial charge < -0.3 is 10.1 Å². The second-order valence-corrected chi connectivity index (χ2v) is 7.07. The van der Waals surface area contributed by atoms with Crippen molar-refractivity contribution in [3.63, 3.8) is 0 Å². The highest BCUT2D eigenvalue weighted by molar-refractivity contribution is 6.00. The van der Waals surface area contributed by atoms with E-state index < -0.39 is 12.0 Å². The summed E-state index contributed by atoms with van der Waals surface area (Å²) < 4.78 is 4.84. The van der Waals surface area contributed by atoms with Crippen LogP contribution in [-0.4, -0.2) is 24.3 Å². The van der Waals surface area contributed by atoms with Crippen molar-refractivity contribution in [2.24, 2.45) is 0 Å². The summed E-state index contributed by atoms with van der Waals surface area (Å²) in [5.74, 6) is -1.15. The number of ether oxygens (including phenoxy) is 1. The zero-order chi connectivity index (χ0) is 19.0. The number of carbonyl (C=O) groups excluding carboxylic acids is 3. The summed E-state index contributed by atoms with van der Waals surface area (Å²) in [6.07, 6.45) is 0.669. The molecule has 1 unspecified atom stereocenters. The lowest BCUT2D eigenvalue weighted by Crippen LogP contribution is -2.34. The highest BCUT2D eigenvalue weighted by Crippen LogP contribution is 2.25. The summed E-state index contributed by atoms with van der Waals surface area (Å²) in [6.45, 7) is 10.1. The Balaban J connectivity index is 3.02. The Morgan fingerprint density at radius 2 is 1.68 bits per heavy atom. The van der Waals surface area contributed by atoms with Gasteiger partial charge in [0.25, 0.3) is 0 Å². The molecule has 1 atom stereocenters. The van der Waals surface area contributed by atoms with E-state index in [1.54, 1.807) is 6.92 Å². The second kappa shape index (κ2) is 9.35. The topological polar surface area (TPSA) is 72.5 Å². The smallest absolute Gasteiger partial charge is 0.313 e. The van der Waals surface area contributed by atoms with Crippen LogP contribution in [0.2, 0.25) is 0 Å². The van der Waals surface area contributed by atoms with E-state index in [1.807, 2.05) is 31.2 Å². The van der Waals surface area contributed by atoms with Crippen molar-refractivity contribution in [1.29, 1.82) is 0 Å². The van der Waals surface area contributed by atoms with Gasteiger partial charge in [0.1, 0.15) is 12.5 Å². The van der Waals surface area contributed by atoms with Gasteiger partial charge in [-0.1, -0.05) is 52.0 Å². The number of amides is 1. The summed E-state index contributed by atoms with van der Waals surface area (Å²) in [5, 5.41) is 2.74. The quantitative estimate of drug-likeness (QED) is 0.577. The van der Waals surface area contributed by atoms with E-state index in [1.165, 1.54) is 0 Å². The van der Waals surface area contributed by atoms with Crippen LogP contribution < -0.4 is 5.32 Å². The molecule has 1 aromatic carbocycles. The molecule has 1 amide bonds. The minimum atomic E-state index is -0.836. The van der Waals surface area contributed by atoms with Gasteiger partial charge >= 0.3 is 5.97 Å². The molecule has 0 aliphatic carbocycles. The Bertz CT molecular complexity index is 599. The van der Waals surface area contributed by atoms with E-state index in [4.69, 9.17) is 4.74 Å². The Kier molecular flexibility index (Phi) is 7.81. The molecular formula is C20H29NO4. The van der Waals surface area contributed by atoms with Crippen LogP contribution in [0.4, 0.5) is 0 Å². The van der Waals surface area contributed by atoms with Gasteiger partial charge in [-0.25, -0.2) is 0 Å². The van der Waals surface area contributed by atoms with Crippen LogP contribution in [0, 0.1) is 0 Å². The van der Waals surface area contributed by atoms with Crippen molar-refractivity contribution in [2.75, 3.05) is 6.61 Å². The lowest BCUT2D eigenvalue weighted by Gasteiger charge is -2.22. The van der Waals surface area contributed by atoms with Crippen LogP contribution in [0.1, 0.15) is 71.0 Å². The fourth-order valence-electron chi connectivity index (χ4n) is 2.44. The molecule has 0 saturated carbocycles. The van der Waals surface area contributed by atoms with Crippen LogP contribution in [-0.2, 0) is 24.5 Å². The van der Waals surface area contributed by atoms with E-state index in [9.17, 15) is 14.4 Å². The molecule has 0 aliphatic heterocycles. The summed E-state index contributed by atoms with van der Waals surface area (Å²) in [6, 6.07) is 6.73. The van der Waals surface area contributed by atoms with Gasteiger partial charge in [0, 0.05) is 6.42 Å². The maximum absolute atomic E-state index is 12.5. The molecule has 0 aromatic heterocycles. The van der Waals surface area contributed by atoms with Gasteiger partial charge in [0.2, 0.25) is 5.91 Å². The van der Waals surface area contributed by atoms with Crippen LogP contribution in [0.3, 0.4) is 0 Å². The number of benzene rings is 1. The SMILES string of the molecule is CCCC(=O)NC(C(=O)CC(=O)OCC)c1ccc(C(C)(C)C)cc1. The van der Waals surface area contributed by atoms with E-state index in [0.717, 1.165) is 5.56 Å². The van der Waals surface area contributed by atoms with Gasteiger partial charge in [-0.3, -0.25) is 14.4 Å². The third-order valence-corrected chi connectivity index (χ3v) is 3.84. The largest absolute Gasteiger partial charge is 0.466 e. The normalized spacial score (nSPS) is 12.4. The fraction of sp³-hybridized carbons (Fsp3) is 0.550. The van der Waals surface area contributed by atoms with Gasteiger partial charge in [-0.15, -0.1) is 0 Å². The van der Waals surface area contributed by atoms with Crippen LogP contribution in [0.15, 0.2) is 24.3 Å². The lowest BCUT2D eigenvalue weighted by atomic mass is 9.86. The number of hydrogen-bond acceptors (Lipinski definition) is 4. The monoisotopic (exact) mass is 347 g/mol. The first kappa shape index (κ1) is 20.9. The molecule has 0 bridgehead atoms. The Morgan fingerprint density at radius 1 is 1.08 bits per heavy atom. The number of Topliss-reactive ketones (excluding diaryl/α,β-unsaturated/α-hetero) is 1.